The van der Waals surface area contributed by atoms with Crippen molar-refractivity contribution in [2.24, 2.45) is 5.11 Å². The zero-order valence-corrected chi connectivity index (χ0v) is 9.88. The second kappa shape index (κ2) is 6.10. The lowest BCUT2D eigenvalue weighted by molar-refractivity contribution is -0.151. The standard InChI is InChI=1S/C12H11N3O4/c13-15-14-6-10-11(8-4-2-1-3-5-8)19-12(18-10)9(17)7-16/h1-5,7,10-12H,6H2/t10-,11-,12?/m1/s1. The highest BCUT2D eigenvalue weighted by Crippen LogP contribution is 2.32. The van der Waals surface area contributed by atoms with E-state index in [0.717, 1.165) is 5.56 Å². The quantitative estimate of drug-likeness (QED) is 0.264. The van der Waals surface area contributed by atoms with E-state index in [4.69, 9.17) is 15.0 Å². The molecule has 3 atom stereocenters. The van der Waals surface area contributed by atoms with Crippen LogP contribution in [0.3, 0.4) is 0 Å². The minimum absolute atomic E-state index is 0.0265. The summed E-state index contributed by atoms with van der Waals surface area (Å²) in [4.78, 5) is 24.4. The maximum absolute atomic E-state index is 11.3. The number of ketones is 1. The summed E-state index contributed by atoms with van der Waals surface area (Å²) in [6.07, 6.45) is -2.21. The fraction of sp³-hybridized carbons (Fsp3) is 0.333. The van der Waals surface area contributed by atoms with Crippen LogP contribution in [-0.4, -0.2) is 31.0 Å². The smallest absolute Gasteiger partial charge is 0.251 e. The molecular weight excluding hydrogens is 250 g/mol. The van der Waals surface area contributed by atoms with Crippen LogP contribution in [0.25, 0.3) is 10.4 Å². The largest absolute Gasteiger partial charge is 0.339 e. The lowest BCUT2D eigenvalue weighted by Crippen LogP contribution is -2.24. The van der Waals surface area contributed by atoms with Crippen molar-refractivity contribution in [1.82, 2.24) is 0 Å². The van der Waals surface area contributed by atoms with Gasteiger partial charge in [0, 0.05) is 4.91 Å². The fourth-order valence-corrected chi connectivity index (χ4v) is 1.86. The van der Waals surface area contributed by atoms with Gasteiger partial charge in [-0.25, -0.2) is 0 Å². The summed E-state index contributed by atoms with van der Waals surface area (Å²) in [6, 6.07) is 9.10. The van der Waals surface area contributed by atoms with E-state index in [-0.39, 0.29) is 12.8 Å². The van der Waals surface area contributed by atoms with Crippen molar-refractivity contribution < 1.29 is 19.1 Å². The van der Waals surface area contributed by atoms with Crippen molar-refractivity contribution in [3.05, 3.63) is 46.3 Å². The average molecular weight is 261 g/mol. The van der Waals surface area contributed by atoms with Gasteiger partial charge in [-0.15, -0.1) is 0 Å². The van der Waals surface area contributed by atoms with Crippen LogP contribution in [-0.2, 0) is 19.1 Å². The molecule has 1 heterocycles. The predicted molar refractivity (Wildman–Crippen MR) is 64.0 cm³/mol. The number of benzene rings is 1. The van der Waals surface area contributed by atoms with E-state index in [9.17, 15) is 9.59 Å². The molecule has 0 amide bonds. The minimum atomic E-state index is -1.23. The van der Waals surface area contributed by atoms with Gasteiger partial charge in [0.05, 0.1) is 12.6 Å². The third kappa shape index (κ3) is 2.97. The topological polar surface area (TPSA) is 101 Å². The lowest BCUT2D eigenvalue weighted by Gasteiger charge is -2.14. The van der Waals surface area contributed by atoms with Gasteiger partial charge in [0.15, 0.2) is 6.29 Å². The van der Waals surface area contributed by atoms with Gasteiger partial charge >= 0.3 is 0 Å². The van der Waals surface area contributed by atoms with Crippen molar-refractivity contribution in [2.75, 3.05) is 6.54 Å². The van der Waals surface area contributed by atoms with Crippen molar-refractivity contribution in [2.45, 2.75) is 18.5 Å². The Labute approximate surface area is 108 Å². The van der Waals surface area contributed by atoms with Crippen molar-refractivity contribution in [3.63, 3.8) is 0 Å². The lowest BCUT2D eigenvalue weighted by atomic mass is 10.1. The Morgan fingerprint density at radius 1 is 1.37 bits per heavy atom. The number of Topliss-reactive ketones (excluding diaryl/α,β-unsaturated/α-hetero) is 1. The number of nitrogens with zero attached hydrogens (tertiary/aromatic N) is 3. The van der Waals surface area contributed by atoms with E-state index < -0.39 is 24.3 Å². The molecule has 0 spiro atoms. The summed E-state index contributed by atoms with van der Waals surface area (Å²) in [7, 11) is 0. The first kappa shape index (κ1) is 13.2. The van der Waals surface area contributed by atoms with Gasteiger partial charge in [0.1, 0.15) is 6.10 Å². The second-order valence-corrected chi connectivity index (χ2v) is 3.91. The van der Waals surface area contributed by atoms with Crippen molar-refractivity contribution >= 4 is 12.1 Å². The number of hydrogen-bond donors (Lipinski definition) is 0. The van der Waals surface area contributed by atoms with Gasteiger partial charge < -0.3 is 9.47 Å². The molecule has 1 fully saturated rings. The van der Waals surface area contributed by atoms with Crippen molar-refractivity contribution in [3.8, 4) is 0 Å². The SMILES string of the molecule is [N-]=[N+]=NC[C@H]1OC(C(=O)C=O)O[C@@H]1c1ccccc1. The molecule has 1 aromatic rings. The normalized spacial score (nSPS) is 25.6. The number of carbonyl (C=O) groups excluding carboxylic acids is 2. The second-order valence-electron chi connectivity index (χ2n) is 3.91. The van der Waals surface area contributed by atoms with Gasteiger partial charge in [0.2, 0.25) is 6.29 Å². The van der Waals surface area contributed by atoms with E-state index in [1.165, 1.54) is 0 Å². The number of ether oxygens (including phenoxy) is 2. The van der Waals surface area contributed by atoms with Crippen LogP contribution in [0.2, 0.25) is 0 Å². The molecule has 1 aliphatic rings. The maximum atomic E-state index is 11.3. The number of aldehydes is 1. The molecule has 0 bridgehead atoms. The summed E-state index contributed by atoms with van der Waals surface area (Å²) in [5, 5.41) is 3.43. The van der Waals surface area contributed by atoms with Crippen molar-refractivity contribution in [1.29, 1.82) is 0 Å². The maximum Gasteiger partial charge on any atom is 0.251 e. The molecule has 1 aromatic carbocycles. The summed E-state index contributed by atoms with van der Waals surface area (Å²) in [5.41, 5.74) is 9.14. The Kier molecular flexibility index (Phi) is 4.25. The highest BCUT2D eigenvalue weighted by atomic mass is 16.7. The molecule has 19 heavy (non-hydrogen) atoms. The average Bonchev–Trinajstić information content (AvgIpc) is 2.89. The first-order valence-corrected chi connectivity index (χ1v) is 5.62. The molecule has 98 valence electrons. The molecule has 0 radical (unpaired) electrons. The summed E-state index contributed by atoms with van der Waals surface area (Å²) in [5.74, 6) is -0.788. The van der Waals surface area contributed by atoms with Crippen LogP contribution in [0.1, 0.15) is 11.7 Å². The number of rotatable bonds is 5. The van der Waals surface area contributed by atoms with Gasteiger partial charge in [-0.2, -0.15) is 0 Å². The van der Waals surface area contributed by atoms with Gasteiger partial charge in [-0.1, -0.05) is 35.4 Å². The molecule has 0 aromatic heterocycles. The summed E-state index contributed by atoms with van der Waals surface area (Å²) < 4.78 is 10.7. The van der Waals surface area contributed by atoms with E-state index >= 15 is 0 Å². The predicted octanol–water partition coefficient (Wildman–Crippen LogP) is 1.55. The molecule has 2 rings (SSSR count). The van der Waals surface area contributed by atoms with E-state index in [1.807, 2.05) is 30.3 Å². The molecule has 0 saturated carbocycles. The van der Waals surface area contributed by atoms with Crippen LogP contribution in [0.15, 0.2) is 35.4 Å². The molecule has 7 nitrogen and oxygen atoms in total. The van der Waals surface area contributed by atoms with E-state index in [1.54, 1.807) is 0 Å². The Bertz CT molecular complexity index is 513. The molecular formula is C12H11N3O4. The first-order chi connectivity index (χ1) is 9.26. The molecule has 7 heteroatoms. The van der Waals surface area contributed by atoms with Gasteiger partial charge in [-0.05, 0) is 11.1 Å². The molecule has 1 saturated heterocycles. The van der Waals surface area contributed by atoms with Gasteiger partial charge in [-0.3, -0.25) is 9.59 Å². The number of hydrogen-bond acceptors (Lipinski definition) is 5. The van der Waals surface area contributed by atoms with Crippen LogP contribution in [0.4, 0.5) is 0 Å². The Morgan fingerprint density at radius 2 is 2.11 bits per heavy atom. The van der Waals surface area contributed by atoms with E-state index in [2.05, 4.69) is 10.0 Å². The monoisotopic (exact) mass is 261 g/mol. The number of azide groups is 1. The third-order valence-corrected chi connectivity index (χ3v) is 2.71. The molecule has 1 unspecified atom stereocenters. The van der Waals surface area contributed by atoms with Crippen LogP contribution >= 0.6 is 0 Å². The Morgan fingerprint density at radius 3 is 2.74 bits per heavy atom. The summed E-state index contributed by atoms with van der Waals surface area (Å²) in [6.45, 7) is 0.0265. The highest BCUT2D eigenvalue weighted by molar-refractivity contribution is 6.26. The Hall–Kier alpha value is -2.21. The molecule has 1 aliphatic heterocycles. The fourth-order valence-electron chi connectivity index (χ4n) is 1.86. The minimum Gasteiger partial charge on any atom is -0.339 e. The van der Waals surface area contributed by atoms with E-state index in [0.29, 0.717) is 0 Å². The van der Waals surface area contributed by atoms with Crippen LogP contribution in [0, 0.1) is 0 Å². The number of carbonyl (C=O) groups is 2. The van der Waals surface area contributed by atoms with Gasteiger partial charge in [0.25, 0.3) is 5.78 Å². The molecule has 0 N–H and O–H groups in total. The highest BCUT2D eigenvalue weighted by Gasteiger charge is 2.39. The van der Waals surface area contributed by atoms with Crippen LogP contribution < -0.4 is 0 Å². The third-order valence-electron chi connectivity index (χ3n) is 2.71. The first-order valence-electron chi connectivity index (χ1n) is 5.62. The zero-order chi connectivity index (χ0) is 13.7. The Balaban J connectivity index is 2.20. The summed E-state index contributed by atoms with van der Waals surface area (Å²) >= 11 is 0. The molecule has 0 aliphatic carbocycles. The zero-order valence-electron chi connectivity index (χ0n) is 9.88. The van der Waals surface area contributed by atoms with Crippen LogP contribution in [0.5, 0.6) is 0 Å².